The van der Waals surface area contributed by atoms with Crippen molar-refractivity contribution in [1.29, 1.82) is 0 Å². The van der Waals surface area contributed by atoms with Gasteiger partial charge in [0.2, 0.25) is 0 Å². The molecule has 2 rings (SSSR count). The summed E-state index contributed by atoms with van der Waals surface area (Å²) in [5.74, 6) is -1.00. The topological polar surface area (TPSA) is 29.9 Å². The Morgan fingerprint density at radius 1 is 1.24 bits per heavy atom. The van der Waals surface area contributed by atoms with E-state index in [4.69, 9.17) is 0 Å². The third kappa shape index (κ3) is 3.88. The molecule has 0 radical (unpaired) electrons. The molecular weight excluding hydrogens is 272 g/mol. The highest BCUT2D eigenvalue weighted by Crippen LogP contribution is 2.22. The summed E-state index contributed by atoms with van der Waals surface area (Å²) in [4.78, 5) is 0. The molecule has 1 aromatic heterocycles. The Hall–Kier alpha value is -1.75. The average Bonchev–Trinajstić information content (AvgIpc) is 2.91. The van der Waals surface area contributed by atoms with E-state index >= 15 is 0 Å². The first-order valence-corrected chi connectivity index (χ1v) is 7.34. The summed E-state index contributed by atoms with van der Waals surface area (Å²) in [5, 5.41) is 7.56. The van der Waals surface area contributed by atoms with Crippen LogP contribution in [0.1, 0.15) is 37.4 Å². The van der Waals surface area contributed by atoms with Gasteiger partial charge in [0.15, 0.2) is 0 Å². The van der Waals surface area contributed by atoms with Crippen molar-refractivity contribution in [3.8, 4) is 0 Å². The fraction of sp³-hybridized carbons (Fsp3) is 0.438. The van der Waals surface area contributed by atoms with E-state index in [1.165, 1.54) is 18.2 Å². The van der Waals surface area contributed by atoms with E-state index in [-0.39, 0.29) is 18.0 Å². The minimum Gasteiger partial charge on any atom is -0.310 e. The van der Waals surface area contributed by atoms with Gasteiger partial charge >= 0.3 is 0 Å². The molecule has 1 aromatic carbocycles. The second kappa shape index (κ2) is 7.31. The van der Waals surface area contributed by atoms with Crippen LogP contribution in [-0.4, -0.2) is 16.3 Å². The molecule has 0 saturated carbocycles. The molecule has 5 heteroatoms. The highest BCUT2D eigenvalue weighted by Gasteiger charge is 2.18. The van der Waals surface area contributed by atoms with Crippen molar-refractivity contribution in [3.05, 3.63) is 53.4 Å². The number of nitrogens with one attached hydrogen (secondary N) is 1. The zero-order valence-corrected chi connectivity index (χ0v) is 12.4. The zero-order chi connectivity index (χ0) is 15.2. The monoisotopic (exact) mass is 293 g/mol. The fourth-order valence-corrected chi connectivity index (χ4v) is 2.40. The zero-order valence-electron chi connectivity index (χ0n) is 12.4. The van der Waals surface area contributed by atoms with Crippen LogP contribution in [0.3, 0.4) is 0 Å². The summed E-state index contributed by atoms with van der Waals surface area (Å²) in [6.07, 6.45) is 4.97. The van der Waals surface area contributed by atoms with Crippen LogP contribution >= 0.6 is 0 Å². The van der Waals surface area contributed by atoms with Gasteiger partial charge in [-0.3, -0.25) is 4.68 Å². The lowest BCUT2D eigenvalue weighted by Crippen LogP contribution is -2.23. The van der Waals surface area contributed by atoms with Crippen LogP contribution in [0.4, 0.5) is 8.78 Å². The van der Waals surface area contributed by atoms with Gasteiger partial charge < -0.3 is 5.32 Å². The maximum Gasteiger partial charge on any atom is 0.129 e. The SMILES string of the molecule is CCCn1cc(C(Cc2c(F)cccc2F)NCC)cn1. The van der Waals surface area contributed by atoms with Crippen molar-refractivity contribution in [1.82, 2.24) is 15.1 Å². The smallest absolute Gasteiger partial charge is 0.129 e. The molecule has 3 nitrogen and oxygen atoms in total. The van der Waals surface area contributed by atoms with Crippen LogP contribution in [0.15, 0.2) is 30.6 Å². The normalized spacial score (nSPS) is 12.6. The Bertz CT molecular complexity index is 560. The van der Waals surface area contributed by atoms with E-state index in [0.717, 1.165) is 25.1 Å². The molecule has 0 aliphatic heterocycles. The molecule has 0 saturated heterocycles. The van der Waals surface area contributed by atoms with Crippen molar-refractivity contribution in [2.45, 2.75) is 39.3 Å². The molecule has 2 aromatic rings. The van der Waals surface area contributed by atoms with Crippen LogP contribution in [-0.2, 0) is 13.0 Å². The van der Waals surface area contributed by atoms with Crippen LogP contribution in [0.5, 0.6) is 0 Å². The predicted octanol–water partition coefficient (Wildman–Crippen LogP) is 3.46. The summed E-state index contributed by atoms with van der Waals surface area (Å²) in [6, 6.07) is 3.83. The van der Waals surface area contributed by atoms with Crippen LogP contribution < -0.4 is 5.32 Å². The van der Waals surface area contributed by atoms with Gasteiger partial charge in [-0.25, -0.2) is 8.78 Å². The number of nitrogens with zero attached hydrogens (tertiary/aromatic N) is 2. The highest BCUT2D eigenvalue weighted by molar-refractivity contribution is 5.23. The van der Waals surface area contributed by atoms with Gasteiger partial charge in [0.05, 0.1) is 6.20 Å². The van der Waals surface area contributed by atoms with E-state index in [2.05, 4.69) is 17.3 Å². The third-order valence-corrected chi connectivity index (χ3v) is 3.43. The second-order valence-corrected chi connectivity index (χ2v) is 5.05. The van der Waals surface area contributed by atoms with Crippen molar-refractivity contribution >= 4 is 0 Å². The van der Waals surface area contributed by atoms with Crippen LogP contribution in [0, 0.1) is 11.6 Å². The number of hydrogen-bond donors (Lipinski definition) is 1. The van der Waals surface area contributed by atoms with E-state index in [1.54, 1.807) is 6.20 Å². The number of hydrogen-bond acceptors (Lipinski definition) is 2. The molecule has 0 amide bonds. The Morgan fingerprint density at radius 3 is 2.57 bits per heavy atom. The molecule has 0 aliphatic rings. The largest absolute Gasteiger partial charge is 0.310 e. The van der Waals surface area contributed by atoms with Gasteiger partial charge in [-0.1, -0.05) is 19.9 Å². The van der Waals surface area contributed by atoms with Crippen molar-refractivity contribution in [2.75, 3.05) is 6.54 Å². The van der Waals surface area contributed by atoms with Crippen LogP contribution in [0.25, 0.3) is 0 Å². The number of aromatic nitrogens is 2. The van der Waals surface area contributed by atoms with Gasteiger partial charge in [0, 0.05) is 29.9 Å². The standard InChI is InChI=1S/C16H21F2N3/c1-3-8-21-11-12(10-20-21)16(19-4-2)9-13-14(17)6-5-7-15(13)18/h5-7,10-11,16,19H,3-4,8-9H2,1-2H3. The lowest BCUT2D eigenvalue weighted by atomic mass is 10.0. The number of aryl methyl sites for hydroxylation is 1. The third-order valence-electron chi connectivity index (χ3n) is 3.43. The molecule has 0 spiro atoms. The Balaban J connectivity index is 2.22. The van der Waals surface area contributed by atoms with E-state index in [1.807, 2.05) is 17.8 Å². The highest BCUT2D eigenvalue weighted by atomic mass is 19.1. The molecule has 0 aliphatic carbocycles. The summed E-state index contributed by atoms with van der Waals surface area (Å²) < 4.78 is 29.5. The Kier molecular flexibility index (Phi) is 5.44. The summed E-state index contributed by atoms with van der Waals surface area (Å²) >= 11 is 0. The first-order valence-electron chi connectivity index (χ1n) is 7.34. The van der Waals surface area contributed by atoms with Crippen molar-refractivity contribution in [3.63, 3.8) is 0 Å². The minimum absolute atomic E-state index is 0.117. The Labute approximate surface area is 124 Å². The molecule has 0 bridgehead atoms. The molecule has 1 atom stereocenters. The first kappa shape index (κ1) is 15.6. The summed E-state index contributed by atoms with van der Waals surface area (Å²) in [5.41, 5.74) is 1.07. The lowest BCUT2D eigenvalue weighted by molar-refractivity contribution is 0.498. The number of rotatable bonds is 7. The molecular formula is C16H21F2N3. The van der Waals surface area contributed by atoms with Gasteiger partial charge in [-0.05, 0) is 31.5 Å². The van der Waals surface area contributed by atoms with Crippen LogP contribution in [0.2, 0.25) is 0 Å². The predicted molar refractivity (Wildman–Crippen MR) is 79.0 cm³/mol. The lowest BCUT2D eigenvalue weighted by Gasteiger charge is -2.17. The number of halogens is 2. The quantitative estimate of drug-likeness (QED) is 0.847. The maximum atomic E-state index is 13.8. The molecule has 1 N–H and O–H groups in total. The van der Waals surface area contributed by atoms with Gasteiger partial charge in [-0.15, -0.1) is 0 Å². The van der Waals surface area contributed by atoms with Gasteiger partial charge in [0.1, 0.15) is 11.6 Å². The molecule has 1 heterocycles. The summed E-state index contributed by atoms with van der Waals surface area (Å²) in [7, 11) is 0. The molecule has 114 valence electrons. The maximum absolute atomic E-state index is 13.8. The minimum atomic E-state index is -0.501. The molecule has 0 fully saturated rings. The van der Waals surface area contributed by atoms with Crippen molar-refractivity contribution in [2.24, 2.45) is 0 Å². The van der Waals surface area contributed by atoms with Gasteiger partial charge in [0.25, 0.3) is 0 Å². The molecule has 1 unspecified atom stereocenters. The van der Waals surface area contributed by atoms with E-state index in [0.29, 0.717) is 0 Å². The number of likely N-dealkylation sites (N-methyl/N-ethyl adjacent to an activating group) is 1. The molecule has 21 heavy (non-hydrogen) atoms. The van der Waals surface area contributed by atoms with E-state index in [9.17, 15) is 8.78 Å². The van der Waals surface area contributed by atoms with Gasteiger partial charge in [-0.2, -0.15) is 5.10 Å². The number of benzene rings is 1. The second-order valence-electron chi connectivity index (χ2n) is 5.05. The fourth-order valence-electron chi connectivity index (χ4n) is 2.40. The van der Waals surface area contributed by atoms with Crippen molar-refractivity contribution < 1.29 is 8.78 Å². The Morgan fingerprint density at radius 2 is 1.95 bits per heavy atom. The average molecular weight is 293 g/mol. The first-order chi connectivity index (χ1) is 10.2. The summed E-state index contributed by atoms with van der Waals surface area (Å²) in [6.45, 7) is 5.62. The van der Waals surface area contributed by atoms with E-state index < -0.39 is 11.6 Å².